The first-order chi connectivity index (χ1) is 12.4. The largest absolute Gasteiger partial charge is 0.354 e. The van der Waals surface area contributed by atoms with Crippen molar-refractivity contribution < 1.29 is 18.8 Å². The topological polar surface area (TPSA) is 78.5 Å². The highest BCUT2D eigenvalue weighted by atomic mass is 32.1. The van der Waals surface area contributed by atoms with Crippen molar-refractivity contribution in [3.05, 3.63) is 58.0 Å². The third-order valence-electron chi connectivity index (χ3n) is 4.27. The van der Waals surface area contributed by atoms with E-state index in [-0.39, 0.29) is 6.54 Å². The number of benzene rings is 1. The fraction of sp³-hybridized carbons (Fsp3) is 0.278. The quantitative estimate of drug-likeness (QED) is 0.758. The molecule has 1 saturated heterocycles. The molecule has 1 atom stereocenters. The van der Waals surface area contributed by atoms with Crippen LogP contribution in [0.5, 0.6) is 0 Å². The van der Waals surface area contributed by atoms with Crippen LogP contribution in [-0.4, -0.2) is 35.8 Å². The number of imide groups is 1. The number of carbonyl (C=O) groups excluding carboxylic acids is 3. The van der Waals surface area contributed by atoms with Crippen molar-refractivity contribution in [3.63, 3.8) is 0 Å². The van der Waals surface area contributed by atoms with Gasteiger partial charge in [0.25, 0.3) is 5.91 Å². The maximum Gasteiger partial charge on any atom is 0.325 e. The van der Waals surface area contributed by atoms with Crippen LogP contribution in [0.4, 0.5) is 9.18 Å². The summed E-state index contributed by atoms with van der Waals surface area (Å²) in [6.07, 6.45) is 0.691. The highest BCUT2D eigenvalue weighted by molar-refractivity contribution is 7.09. The summed E-state index contributed by atoms with van der Waals surface area (Å²) in [5.74, 6) is -1.38. The zero-order chi connectivity index (χ0) is 18.7. The molecular formula is C18H18FN3O3S. The lowest BCUT2D eigenvalue weighted by molar-refractivity contribution is -0.134. The molecule has 6 nitrogen and oxygen atoms in total. The molecule has 3 rings (SSSR count). The van der Waals surface area contributed by atoms with E-state index in [2.05, 4.69) is 10.6 Å². The van der Waals surface area contributed by atoms with E-state index in [1.807, 2.05) is 17.5 Å². The van der Waals surface area contributed by atoms with Gasteiger partial charge in [-0.15, -0.1) is 11.3 Å². The summed E-state index contributed by atoms with van der Waals surface area (Å²) in [5.41, 5.74) is -0.861. The van der Waals surface area contributed by atoms with Crippen LogP contribution in [0.25, 0.3) is 0 Å². The molecule has 0 bridgehead atoms. The average Bonchev–Trinajstić information content (AvgIpc) is 3.19. The molecule has 136 valence electrons. The van der Waals surface area contributed by atoms with E-state index >= 15 is 0 Å². The van der Waals surface area contributed by atoms with Gasteiger partial charge in [0.05, 0.1) is 0 Å². The molecule has 0 radical (unpaired) electrons. The number of rotatable bonds is 6. The lowest BCUT2D eigenvalue weighted by Gasteiger charge is -2.22. The number of thiophene rings is 1. The number of amides is 4. The van der Waals surface area contributed by atoms with Crippen molar-refractivity contribution in [2.45, 2.75) is 18.9 Å². The van der Waals surface area contributed by atoms with E-state index < -0.39 is 29.2 Å². The van der Waals surface area contributed by atoms with E-state index in [1.165, 1.54) is 31.2 Å². The Labute approximate surface area is 154 Å². The first-order valence-electron chi connectivity index (χ1n) is 8.09. The molecular weight excluding hydrogens is 357 g/mol. The molecule has 8 heteroatoms. The number of hydrogen-bond acceptors (Lipinski definition) is 4. The van der Waals surface area contributed by atoms with Crippen LogP contribution >= 0.6 is 11.3 Å². The third kappa shape index (κ3) is 3.60. The molecule has 0 spiro atoms. The third-order valence-corrected chi connectivity index (χ3v) is 5.21. The first-order valence-corrected chi connectivity index (χ1v) is 8.97. The second-order valence-corrected chi connectivity index (χ2v) is 7.16. The van der Waals surface area contributed by atoms with Crippen LogP contribution in [0.2, 0.25) is 0 Å². The van der Waals surface area contributed by atoms with E-state index in [0.29, 0.717) is 18.5 Å². The number of nitrogens with one attached hydrogen (secondary N) is 2. The van der Waals surface area contributed by atoms with Crippen LogP contribution < -0.4 is 10.6 Å². The second-order valence-electron chi connectivity index (χ2n) is 6.13. The molecule has 1 aromatic carbocycles. The number of urea groups is 1. The molecule has 2 N–H and O–H groups in total. The summed E-state index contributed by atoms with van der Waals surface area (Å²) in [6.45, 7) is 1.61. The molecule has 0 saturated carbocycles. The normalized spacial score (nSPS) is 19.5. The van der Waals surface area contributed by atoms with Gasteiger partial charge in [0.2, 0.25) is 5.91 Å². The fourth-order valence-corrected chi connectivity index (χ4v) is 3.51. The molecule has 1 unspecified atom stereocenters. The molecule has 0 aliphatic carbocycles. The van der Waals surface area contributed by atoms with Gasteiger partial charge in [-0.2, -0.15) is 0 Å². The highest BCUT2D eigenvalue weighted by Gasteiger charge is 2.49. The Morgan fingerprint density at radius 3 is 2.65 bits per heavy atom. The summed E-state index contributed by atoms with van der Waals surface area (Å²) in [4.78, 5) is 39.0. The maximum atomic E-state index is 13.1. The summed E-state index contributed by atoms with van der Waals surface area (Å²) in [7, 11) is 0. The number of carbonyl (C=O) groups is 3. The summed E-state index contributed by atoms with van der Waals surface area (Å²) < 4.78 is 13.1. The Morgan fingerprint density at radius 1 is 1.27 bits per heavy atom. The predicted molar refractivity (Wildman–Crippen MR) is 95.0 cm³/mol. The lowest BCUT2D eigenvalue weighted by Crippen LogP contribution is -2.43. The van der Waals surface area contributed by atoms with Gasteiger partial charge in [-0.25, -0.2) is 9.18 Å². The number of halogens is 1. The summed E-state index contributed by atoms with van der Waals surface area (Å²) in [6, 6.07) is 8.60. The molecule has 1 aliphatic heterocycles. The van der Waals surface area contributed by atoms with Gasteiger partial charge in [-0.1, -0.05) is 18.2 Å². The average molecular weight is 375 g/mol. The van der Waals surface area contributed by atoms with Gasteiger partial charge in [0.1, 0.15) is 17.9 Å². The van der Waals surface area contributed by atoms with Crippen molar-refractivity contribution in [3.8, 4) is 0 Å². The van der Waals surface area contributed by atoms with E-state index in [1.54, 1.807) is 11.3 Å². The molecule has 2 heterocycles. The van der Waals surface area contributed by atoms with Crippen molar-refractivity contribution in [1.82, 2.24) is 15.5 Å². The minimum atomic E-state index is -1.32. The molecule has 1 aliphatic rings. The molecule has 2 aromatic rings. The van der Waals surface area contributed by atoms with Crippen LogP contribution in [-0.2, 0) is 21.5 Å². The Kier molecular flexibility index (Phi) is 5.03. The Balaban J connectivity index is 1.61. The van der Waals surface area contributed by atoms with Gasteiger partial charge in [-0.05, 0) is 42.5 Å². The monoisotopic (exact) mass is 375 g/mol. The van der Waals surface area contributed by atoms with Gasteiger partial charge < -0.3 is 10.6 Å². The molecule has 26 heavy (non-hydrogen) atoms. The van der Waals surface area contributed by atoms with Crippen LogP contribution in [0.1, 0.15) is 17.4 Å². The standard InChI is InChI=1S/C18H18FN3O3S/c1-18(12-4-6-13(19)7-5-12)16(24)22(17(25)21-18)11-15(23)20-9-8-14-3-2-10-26-14/h2-7,10H,8-9,11H2,1H3,(H,20,23)(H,21,25). The lowest BCUT2D eigenvalue weighted by atomic mass is 9.92. The molecule has 1 fully saturated rings. The summed E-state index contributed by atoms with van der Waals surface area (Å²) >= 11 is 1.60. The fourth-order valence-electron chi connectivity index (χ4n) is 2.80. The zero-order valence-corrected chi connectivity index (χ0v) is 14.9. The maximum absolute atomic E-state index is 13.1. The van der Waals surface area contributed by atoms with Crippen molar-refractivity contribution in [2.24, 2.45) is 0 Å². The SMILES string of the molecule is CC1(c2ccc(F)cc2)NC(=O)N(CC(=O)NCCc2cccs2)C1=O. The molecule has 1 aromatic heterocycles. The van der Waals surface area contributed by atoms with Crippen LogP contribution in [0.3, 0.4) is 0 Å². The van der Waals surface area contributed by atoms with Gasteiger partial charge in [0.15, 0.2) is 0 Å². The van der Waals surface area contributed by atoms with Crippen LogP contribution in [0, 0.1) is 5.82 Å². The molecule has 4 amide bonds. The predicted octanol–water partition coefficient (Wildman–Crippen LogP) is 2.01. The highest BCUT2D eigenvalue weighted by Crippen LogP contribution is 2.28. The van der Waals surface area contributed by atoms with Crippen LogP contribution in [0.15, 0.2) is 41.8 Å². The van der Waals surface area contributed by atoms with Gasteiger partial charge >= 0.3 is 6.03 Å². The number of hydrogen-bond donors (Lipinski definition) is 2. The second kappa shape index (κ2) is 7.25. The minimum Gasteiger partial charge on any atom is -0.354 e. The Hall–Kier alpha value is -2.74. The minimum absolute atomic E-state index is 0.355. The van der Waals surface area contributed by atoms with Gasteiger partial charge in [-0.3, -0.25) is 14.5 Å². The van der Waals surface area contributed by atoms with Crippen molar-refractivity contribution in [2.75, 3.05) is 13.1 Å². The van der Waals surface area contributed by atoms with E-state index in [4.69, 9.17) is 0 Å². The van der Waals surface area contributed by atoms with E-state index in [9.17, 15) is 18.8 Å². The first kappa shape index (κ1) is 18.1. The Bertz CT molecular complexity index is 823. The Morgan fingerprint density at radius 2 is 2.00 bits per heavy atom. The van der Waals surface area contributed by atoms with Gasteiger partial charge in [0, 0.05) is 11.4 Å². The zero-order valence-electron chi connectivity index (χ0n) is 14.1. The van der Waals surface area contributed by atoms with E-state index in [0.717, 1.165) is 9.78 Å². The summed E-state index contributed by atoms with van der Waals surface area (Å²) in [5, 5.41) is 7.25. The smallest absolute Gasteiger partial charge is 0.325 e. The number of nitrogens with zero attached hydrogens (tertiary/aromatic N) is 1. The van der Waals surface area contributed by atoms with Crippen molar-refractivity contribution in [1.29, 1.82) is 0 Å². The van der Waals surface area contributed by atoms with Crippen molar-refractivity contribution >= 4 is 29.2 Å².